The van der Waals surface area contributed by atoms with Crippen molar-refractivity contribution in [3.63, 3.8) is 0 Å². The summed E-state index contributed by atoms with van der Waals surface area (Å²) >= 11 is 1.67. The molecule has 0 radical (unpaired) electrons. The Morgan fingerprint density at radius 1 is 1.52 bits per heavy atom. The van der Waals surface area contributed by atoms with Crippen LogP contribution in [0, 0.1) is 23.1 Å². The number of amidine groups is 1. The molecule has 1 aliphatic carbocycles. The van der Waals surface area contributed by atoms with Gasteiger partial charge in [-0.1, -0.05) is 31.5 Å². The first-order valence-electron chi connectivity index (χ1n) is 7.30. The molecule has 110 valence electrons. The molecule has 1 aromatic rings. The molecule has 2 aliphatic rings. The second-order valence-electron chi connectivity index (χ2n) is 6.06. The Balaban J connectivity index is 1.76. The predicted molar refractivity (Wildman–Crippen MR) is 85.0 cm³/mol. The summed E-state index contributed by atoms with van der Waals surface area (Å²) in [5.74, 6) is 1.29. The average Bonchev–Trinajstić information content (AvgIpc) is 2.83. The van der Waals surface area contributed by atoms with Crippen LogP contribution in [0.3, 0.4) is 0 Å². The van der Waals surface area contributed by atoms with Gasteiger partial charge in [0.05, 0.1) is 22.9 Å². The summed E-state index contributed by atoms with van der Waals surface area (Å²) in [5, 5.41) is 12.6. The zero-order chi connectivity index (χ0) is 14.9. The first-order valence-corrected chi connectivity index (χ1v) is 8.28. The molecule has 2 unspecified atom stereocenters. The SMILES string of the molecule is CC1CCCC2(CSC(Nc3ccc(C#N)cc3F)=N2)C1. The lowest BCUT2D eigenvalue weighted by Gasteiger charge is -2.33. The molecule has 1 saturated carbocycles. The number of benzene rings is 1. The lowest BCUT2D eigenvalue weighted by Crippen LogP contribution is -2.33. The Labute approximate surface area is 128 Å². The van der Waals surface area contributed by atoms with Crippen LogP contribution < -0.4 is 5.32 Å². The van der Waals surface area contributed by atoms with E-state index in [9.17, 15) is 4.39 Å². The van der Waals surface area contributed by atoms with Gasteiger partial charge in [0.15, 0.2) is 5.17 Å². The van der Waals surface area contributed by atoms with E-state index in [1.807, 2.05) is 6.07 Å². The number of anilines is 1. The van der Waals surface area contributed by atoms with Crippen molar-refractivity contribution >= 4 is 22.6 Å². The van der Waals surface area contributed by atoms with Gasteiger partial charge in [0.1, 0.15) is 5.82 Å². The standard InChI is InChI=1S/C16H18FN3S/c1-11-3-2-6-16(8-11)10-21-15(20-16)19-14-5-4-12(9-18)7-13(14)17/h4-5,7,11H,2-3,6,8,10H2,1H3,(H,19,20). The van der Waals surface area contributed by atoms with E-state index >= 15 is 0 Å². The minimum atomic E-state index is -0.407. The molecule has 0 aromatic heterocycles. The first kappa shape index (κ1) is 14.4. The van der Waals surface area contributed by atoms with E-state index < -0.39 is 5.82 Å². The van der Waals surface area contributed by atoms with E-state index in [-0.39, 0.29) is 5.54 Å². The molecule has 5 heteroatoms. The van der Waals surface area contributed by atoms with Crippen LogP contribution in [-0.2, 0) is 0 Å². The zero-order valence-electron chi connectivity index (χ0n) is 12.0. The Hall–Kier alpha value is -1.54. The number of nitrogens with zero attached hydrogens (tertiary/aromatic N) is 2. The van der Waals surface area contributed by atoms with Crippen LogP contribution >= 0.6 is 11.8 Å². The van der Waals surface area contributed by atoms with Crippen LogP contribution in [-0.4, -0.2) is 16.5 Å². The van der Waals surface area contributed by atoms with Gasteiger partial charge in [0.2, 0.25) is 0 Å². The quantitative estimate of drug-likeness (QED) is 0.847. The fourth-order valence-electron chi connectivity index (χ4n) is 3.21. The van der Waals surface area contributed by atoms with Crippen LogP contribution in [0.5, 0.6) is 0 Å². The van der Waals surface area contributed by atoms with Gasteiger partial charge in [-0.3, -0.25) is 4.99 Å². The molecule has 1 aliphatic heterocycles. The number of hydrogen-bond donors (Lipinski definition) is 1. The third-order valence-electron chi connectivity index (χ3n) is 4.22. The van der Waals surface area contributed by atoms with E-state index in [4.69, 9.17) is 10.3 Å². The Morgan fingerprint density at radius 2 is 2.38 bits per heavy atom. The normalized spacial score (nSPS) is 28.2. The number of nitriles is 1. The van der Waals surface area contributed by atoms with E-state index in [0.717, 1.165) is 23.8 Å². The monoisotopic (exact) mass is 303 g/mol. The predicted octanol–water partition coefficient (Wildman–Crippen LogP) is 4.16. The molecule has 1 aromatic carbocycles. The van der Waals surface area contributed by atoms with Crippen molar-refractivity contribution in [2.24, 2.45) is 10.9 Å². The van der Waals surface area contributed by atoms with Crippen LogP contribution in [0.1, 0.15) is 38.2 Å². The summed E-state index contributed by atoms with van der Waals surface area (Å²) in [4.78, 5) is 4.85. The van der Waals surface area contributed by atoms with Crippen LogP contribution in [0.15, 0.2) is 23.2 Å². The minimum Gasteiger partial charge on any atom is -0.333 e. The van der Waals surface area contributed by atoms with Gasteiger partial charge in [0, 0.05) is 5.75 Å². The summed E-state index contributed by atoms with van der Waals surface area (Å²) in [6, 6.07) is 6.41. The highest BCUT2D eigenvalue weighted by molar-refractivity contribution is 8.14. The number of hydrogen-bond acceptors (Lipinski definition) is 4. The maximum Gasteiger partial charge on any atom is 0.161 e. The van der Waals surface area contributed by atoms with Gasteiger partial charge in [-0.15, -0.1) is 0 Å². The molecular formula is C16H18FN3S. The van der Waals surface area contributed by atoms with Crippen molar-refractivity contribution in [1.82, 2.24) is 0 Å². The number of aliphatic imine (C=N–C) groups is 1. The topological polar surface area (TPSA) is 48.2 Å². The lowest BCUT2D eigenvalue weighted by atomic mass is 9.78. The van der Waals surface area contributed by atoms with Crippen molar-refractivity contribution in [3.05, 3.63) is 29.6 Å². The average molecular weight is 303 g/mol. The highest BCUT2D eigenvalue weighted by atomic mass is 32.2. The Bertz CT molecular complexity index is 622. The molecule has 1 spiro atoms. The number of rotatable bonds is 1. The first-order chi connectivity index (χ1) is 10.1. The molecule has 1 N–H and O–H groups in total. The van der Waals surface area contributed by atoms with Gasteiger partial charge < -0.3 is 5.32 Å². The van der Waals surface area contributed by atoms with Crippen molar-refractivity contribution in [2.45, 2.75) is 38.1 Å². The largest absolute Gasteiger partial charge is 0.333 e. The van der Waals surface area contributed by atoms with Gasteiger partial charge >= 0.3 is 0 Å². The Kier molecular flexibility index (Phi) is 3.90. The maximum atomic E-state index is 13.9. The second-order valence-corrected chi connectivity index (χ2v) is 7.03. The van der Waals surface area contributed by atoms with Crippen LogP contribution in [0.2, 0.25) is 0 Å². The van der Waals surface area contributed by atoms with E-state index in [1.54, 1.807) is 23.9 Å². The summed E-state index contributed by atoms with van der Waals surface area (Å²) in [5.41, 5.74) is 0.770. The van der Waals surface area contributed by atoms with Crippen molar-refractivity contribution in [2.75, 3.05) is 11.1 Å². The number of nitrogens with one attached hydrogen (secondary N) is 1. The molecule has 2 atom stereocenters. The van der Waals surface area contributed by atoms with Crippen molar-refractivity contribution in [3.8, 4) is 6.07 Å². The third-order valence-corrected chi connectivity index (χ3v) is 5.37. The van der Waals surface area contributed by atoms with Crippen molar-refractivity contribution in [1.29, 1.82) is 5.26 Å². The smallest absolute Gasteiger partial charge is 0.161 e. The number of thioether (sulfide) groups is 1. The zero-order valence-corrected chi connectivity index (χ0v) is 12.8. The van der Waals surface area contributed by atoms with Gasteiger partial charge in [-0.25, -0.2) is 4.39 Å². The summed E-state index contributed by atoms with van der Waals surface area (Å²) in [6.45, 7) is 2.28. The lowest BCUT2D eigenvalue weighted by molar-refractivity contribution is 0.266. The second kappa shape index (κ2) is 5.69. The summed E-state index contributed by atoms with van der Waals surface area (Å²) in [6.07, 6.45) is 4.77. The van der Waals surface area contributed by atoms with Crippen LogP contribution in [0.4, 0.5) is 10.1 Å². The van der Waals surface area contributed by atoms with E-state index in [1.165, 1.54) is 18.9 Å². The minimum absolute atomic E-state index is 0.0493. The molecule has 1 fully saturated rings. The van der Waals surface area contributed by atoms with Gasteiger partial charge in [-0.2, -0.15) is 5.26 Å². The molecule has 0 bridgehead atoms. The van der Waals surface area contributed by atoms with E-state index in [2.05, 4.69) is 12.2 Å². The Morgan fingerprint density at radius 3 is 3.10 bits per heavy atom. The fourth-order valence-corrected chi connectivity index (χ4v) is 4.39. The molecular weight excluding hydrogens is 285 g/mol. The van der Waals surface area contributed by atoms with Gasteiger partial charge in [-0.05, 0) is 37.0 Å². The molecule has 0 amide bonds. The summed E-state index contributed by atoms with van der Waals surface area (Å²) in [7, 11) is 0. The fraction of sp³-hybridized carbons (Fsp3) is 0.500. The molecule has 1 heterocycles. The van der Waals surface area contributed by atoms with E-state index in [0.29, 0.717) is 17.2 Å². The number of halogens is 1. The highest BCUT2D eigenvalue weighted by Crippen LogP contribution is 2.42. The van der Waals surface area contributed by atoms with Crippen molar-refractivity contribution < 1.29 is 4.39 Å². The molecule has 0 saturated heterocycles. The third kappa shape index (κ3) is 3.06. The molecule has 3 rings (SSSR count). The molecule has 21 heavy (non-hydrogen) atoms. The summed E-state index contributed by atoms with van der Waals surface area (Å²) < 4.78 is 13.9. The van der Waals surface area contributed by atoms with Crippen LogP contribution in [0.25, 0.3) is 0 Å². The maximum absolute atomic E-state index is 13.9. The highest BCUT2D eigenvalue weighted by Gasteiger charge is 2.39. The van der Waals surface area contributed by atoms with Gasteiger partial charge in [0.25, 0.3) is 0 Å². The molecule has 3 nitrogen and oxygen atoms in total.